The molecule has 2 aromatic rings. The summed E-state index contributed by atoms with van der Waals surface area (Å²) in [6.07, 6.45) is 1.90. The number of carbonyl (C=O) groups is 1. The maximum atomic E-state index is 13.2. The van der Waals surface area contributed by atoms with E-state index in [1.165, 1.54) is 23.5 Å². The number of benzene rings is 1. The van der Waals surface area contributed by atoms with E-state index in [1.807, 2.05) is 0 Å². The highest BCUT2D eigenvalue weighted by Crippen LogP contribution is 2.28. The zero-order chi connectivity index (χ0) is 14.1. The first-order chi connectivity index (χ1) is 9.67. The minimum atomic E-state index is -0.285. The van der Waals surface area contributed by atoms with Crippen LogP contribution in [0.5, 0.6) is 0 Å². The molecule has 2 heterocycles. The van der Waals surface area contributed by atoms with E-state index < -0.39 is 0 Å². The molecule has 0 aliphatic carbocycles. The smallest absolute Gasteiger partial charge is 0.263 e. The molecule has 20 heavy (non-hydrogen) atoms. The van der Waals surface area contributed by atoms with Gasteiger partial charge in [0.1, 0.15) is 5.82 Å². The third-order valence-corrected chi connectivity index (χ3v) is 4.86. The maximum absolute atomic E-state index is 13.2. The molecule has 0 saturated carbocycles. The Morgan fingerprint density at radius 3 is 3.10 bits per heavy atom. The standard InChI is InChI=1S/C15H16FNO2S/c16-12-3-4-13-11(6-12)7-14(20-13)15(19)17-5-1-2-10(8-17)9-18/h3-4,6-7,10,18H,1-2,5,8-9H2. The number of aliphatic hydroxyl groups is 1. The SMILES string of the molecule is O=C(c1cc2cc(F)ccc2s1)N1CCCC(CO)C1. The van der Waals surface area contributed by atoms with Crippen LogP contribution >= 0.6 is 11.3 Å². The number of halogens is 1. The lowest BCUT2D eigenvalue weighted by molar-refractivity contribution is 0.0625. The van der Waals surface area contributed by atoms with Crippen molar-refractivity contribution >= 4 is 27.3 Å². The summed E-state index contributed by atoms with van der Waals surface area (Å²) < 4.78 is 14.1. The highest BCUT2D eigenvalue weighted by atomic mass is 32.1. The minimum absolute atomic E-state index is 0.00948. The van der Waals surface area contributed by atoms with E-state index in [0.29, 0.717) is 11.4 Å². The molecule has 1 N–H and O–H groups in total. The maximum Gasteiger partial charge on any atom is 0.263 e. The van der Waals surface area contributed by atoms with Crippen LogP contribution in [-0.2, 0) is 0 Å². The molecule has 0 bridgehead atoms. The number of amides is 1. The summed E-state index contributed by atoms with van der Waals surface area (Å²) in [7, 11) is 0. The van der Waals surface area contributed by atoms with Crippen molar-refractivity contribution in [1.82, 2.24) is 4.90 Å². The number of likely N-dealkylation sites (tertiary alicyclic amines) is 1. The van der Waals surface area contributed by atoms with Crippen molar-refractivity contribution < 1.29 is 14.3 Å². The molecular formula is C15H16FNO2S. The van der Waals surface area contributed by atoms with E-state index in [0.717, 1.165) is 29.5 Å². The molecule has 1 aromatic carbocycles. The molecule has 3 rings (SSSR count). The summed E-state index contributed by atoms with van der Waals surface area (Å²) in [4.78, 5) is 14.9. The Morgan fingerprint density at radius 1 is 1.45 bits per heavy atom. The first kappa shape index (κ1) is 13.5. The molecular weight excluding hydrogens is 277 g/mol. The molecule has 1 atom stereocenters. The second-order valence-corrected chi connectivity index (χ2v) is 6.32. The first-order valence-electron chi connectivity index (χ1n) is 6.76. The largest absolute Gasteiger partial charge is 0.396 e. The van der Waals surface area contributed by atoms with Crippen LogP contribution in [0.4, 0.5) is 4.39 Å². The van der Waals surface area contributed by atoms with Crippen LogP contribution in [-0.4, -0.2) is 35.6 Å². The van der Waals surface area contributed by atoms with Crippen LogP contribution in [0.3, 0.4) is 0 Å². The normalized spacial score (nSPS) is 19.5. The molecule has 0 spiro atoms. The van der Waals surface area contributed by atoms with Crippen LogP contribution in [0.1, 0.15) is 22.5 Å². The zero-order valence-corrected chi connectivity index (χ0v) is 11.8. The number of carbonyl (C=O) groups excluding carboxylic acids is 1. The second-order valence-electron chi connectivity index (χ2n) is 5.23. The fourth-order valence-electron chi connectivity index (χ4n) is 2.67. The topological polar surface area (TPSA) is 40.5 Å². The number of hydrogen-bond acceptors (Lipinski definition) is 3. The van der Waals surface area contributed by atoms with Gasteiger partial charge in [0.15, 0.2) is 0 Å². The highest BCUT2D eigenvalue weighted by molar-refractivity contribution is 7.20. The molecule has 1 amide bonds. The van der Waals surface area contributed by atoms with E-state index in [4.69, 9.17) is 0 Å². The van der Waals surface area contributed by atoms with Gasteiger partial charge in [0.25, 0.3) is 5.91 Å². The van der Waals surface area contributed by atoms with Gasteiger partial charge in [-0.15, -0.1) is 11.3 Å². The summed E-state index contributed by atoms with van der Waals surface area (Å²) in [5.41, 5.74) is 0. The summed E-state index contributed by atoms with van der Waals surface area (Å²) in [5.74, 6) is -0.114. The Labute approximate surface area is 120 Å². The minimum Gasteiger partial charge on any atom is -0.396 e. The van der Waals surface area contributed by atoms with Gasteiger partial charge in [0, 0.05) is 24.4 Å². The quantitative estimate of drug-likeness (QED) is 0.925. The monoisotopic (exact) mass is 293 g/mol. The number of piperidine rings is 1. The third-order valence-electron chi connectivity index (χ3n) is 3.75. The fraction of sp³-hybridized carbons (Fsp3) is 0.400. The summed E-state index contributed by atoms with van der Waals surface area (Å²) in [6.45, 7) is 1.47. The number of fused-ring (bicyclic) bond motifs is 1. The molecule has 1 aliphatic heterocycles. The number of thiophene rings is 1. The van der Waals surface area contributed by atoms with Gasteiger partial charge in [-0.3, -0.25) is 4.79 Å². The van der Waals surface area contributed by atoms with Crippen molar-refractivity contribution in [2.75, 3.05) is 19.7 Å². The van der Waals surface area contributed by atoms with Crippen molar-refractivity contribution in [2.45, 2.75) is 12.8 Å². The Hall–Kier alpha value is -1.46. The van der Waals surface area contributed by atoms with E-state index in [1.54, 1.807) is 17.0 Å². The van der Waals surface area contributed by atoms with Gasteiger partial charge >= 0.3 is 0 Å². The van der Waals surface area contributed by atoms with E-state index in [-0.39, 0.29) is 24.2 Å². The number of aliphatic hydroxyl groups excluding tert-OH is 1. The molecule has 1 aromatic heterocycles. The number of hydrogen-bond donors (Lipinski definition) is 1. The molecule has 106 valence electrons. The van der Waals surface area contributed by atoms with Crippen molar-refractivity contribution in [3.8, 4) is 0 Å². The third kappa shape index (κ3) is 2.55. The van der Waals surface area contributed by atoms with E-state index in [2.05, 4.69) is 0 Å². The predicted molar refractivity (Wildman–Crippen MR) is 77.5 cm³/mol. The van der Waals surface area contributed by atoms with Crippen LogP contribution in [0, 0.1) is 11.7 Å². The van der Waals surface area contributed by atoms with Gasteiger partial charge in [-0.2, -0.15) is 0 Å². The van der Waals surface area contributed by atoms with Gasteiger partial charge in [-0.1, -0.05) is 0 Å². The average molecular weight is 293 g/mol. The van der Waals surface area contributed by atoms with E-state index in [9.17, 15) is 14.3 Å². The van der Waals surface area contributed by atoms with Crippen molar-refractivity contribution in [2.24, 2.45) is 5.92 Å². The highest BCUT2D eigenvalue weighted by Gasteiger charge is 2.25. The van der Waals surface area contributed by atoms with Gasteiger partial charge in [0.05, 0.1) is 4.88 Å². The van der Waals surface area contributed by atoms with Crippen LogP contribution in [0.2, 0.25) is 0 Å². The van der Waals surface area contributed by atoms with E-state index >= 15 is 0 Å². The second kappa shape index (κ2) is 5.50. The number of nitrogens with zero attached hydrogens (tertiary/aromatic N) is 1. The fourth-order valence-corrected chi connectivity index (χ4v) is 3.69. The van der Waals surface area contributed by atoms with Crippen molar-refractivity contribution in [3.63, 3.8) is 0 Å². The van der Waals surface area contributed by atoms with Crippen LogP contribution < -0.4 is 0 Å². The predicted octanol–water partition coefficient (Wildman–Crippen LogP) is 2.88. The van der Waals surface area contributed by atoms with Gasteiger partial charge in [-0.05, 0) is 48.4 Å². The van der Waals surface area contributed by atoms with Gasteiger partial charge in [0.2, 0.25) is 0 Å². The van der Waals surface area contributed by atoms with Gasteiger partial charge in [-0.25, -0.2) is 4.39 Å². The van der Waals surface area contributed by atoms with Crippen molar-refractivity contribution in [3.05, 3.63) is 35.0 Å². The summed E-state index contributed by atoms with van der Waals surface area (Å²) in [5, 5.41) is 10.0. The summed E-state index contributed by atoms with van der Waals surface area (Å²) >= 11 is 1.40. The van der Waals surface area contributed by atoms with Crippen LogP contribution in [0.25, 0.3) is 10.1 Å². The number of rotatable bonds is 2. The molecule has 1 unspecified atom stereocenters. The van der Waals surface area contributed by atoms with Gasteiger partial charge < -0.3 is 10.0 Å². The lowest BCUT2D eigenvalue weighted by Gasteiger charge is -2.31. The zero-order valence-electron chi connectivity index (χ0n) is 11.0. The molecule has 1 saturated heterocycles. The molecule has 5 heteroatoms. The van der Waals surface area contributed by atoms with Crippen LogP contribution in [0.15, 0.2) is 24.3 Å². The Balaban J connectivity index is 1.84. The Kier molecular flexibility index (Phi) is 3.72. The lowest BCUT2D eigenvalue weighted by atomic mass is 9.99. The molecule has 3 nitrogen and oxygen atoms in total. The lowest BCUT2D eigenvalue weighted by Crippen LogP contribution is -2.40. The molecule has 1 fully saturated rings. The molecule has 1 aliphatic rings. The van der Waals surface area contributed by atoms with Crippen molar-refractivity contribution in [1.29, 1.82) is 0 Å². The molecule has 0 radical (unpaired) electrons. The average Bonchev–Trinajstić information content (AvgIpc) is 2.89. The Bertz CT molecular complexity index is 640. The Morgan fingerprint density at radius 2 is 2.30 bits per heavy atom. The summed E-state index contributed by atoms with van der Waals surface area (Å²) in [6, 6.07) is 6.33. The first-order valence-corrected chi connectivity index (χ1v) is 7.58.